The molecule has 0 saturated heterocycles. The van der Waals surface area contributed by atoms with E-state index in [4.69, 9.17) is 0 Å². The largest absolute Gasteiger partial charge is 0.214 e. The van der Waals surface area contributed by atoms with Crippen molar-refractivity contribution in [2.24, 2.45) is 7.05 Å². The molecule has 17 heavy (non-hydrogen) atoms. The SMILES string of the molecule is CSC(=Cc1c2ccccc2cc[n+]1C)SC. The van der Waals surface area contributed by atoms with E-state index in [1.165, 1.54) is 20.7 Å². The van der Waals surface area contributed by atoms with Gasteiger partial charge < -0.3 is 0 Å². The highest BCUT2D eigenvalue weighted by Gasteiger charge is 2.10. The molecule has 1 nitrogen and oxygen atoms in total. The lowest BCUT2D eigenvalue weighted by molar-refractivity contribution is -0.671. The van der Waals surface area contributed by atoms with Crippen LogP contribution in [0.2, 0.25) is 0 Å². The number of hydrogen-bond acceptors (Lipinski definition) is 2. The number of thioether (sulfide) groups is 2. The number of benzene rings is 1. The quantitative estimate of drug-likeness (QED) is 0.777. The van der Waals surface area contributed by atoms with Crippen molar-refractivity contribution in [3.63, 3.8) is 0 Å². The number of nitrogens with zero attached hydrogens (tertiary/aromatic N) is 1. The van der Waals surface area contributed by atoms with Crippen LogP contribution >= 0.6 is 23.5 Å². The number of aromatic nitrogens is 1. The predicted octanol–water partition coefficient (Wildman–Crippen LogP) is 3.69. The molecule has 0 saturated carbocycles. The highest BCUT2D eigenvalue weighted by Crippen LogP contribution is 2.27. The second-order valence-corrected chi connectivity index (χ2v) is 5.73. The van der Waals surface area contributed by atoms with Gasteiger partial charge in [0.15, 0.2) is 6.20 Å². The molecule has 1 aromatic heterocycles. The van der Waals surface area contributed by atoms with Gasteiger partial charge in [0, 0.05) is 16.4 Å². The third-order valence-corrected chi connectivity index (χ3v) is 4.79. The van der Waals surface area contributed by atoms with Crippen LogP contribution in [0.1, 0.15) is 5.69 Å². The predicted molar refractivity (Wildman–Crippen MR) is 80.1 cm³/mol. The Bertz CT molecular complexity index is 555. The molecule has 88 valence electrons. The first-order valence-corrected chi connectivity index (χ1v) is 7.88. The lowest BCUT2D eigenvalue weighted by atomic mass is 10.1. The van der Waals surface area contributed by atoms with Crippen LogP contribution in [0.25, 0.3) is 16.8 Å². The summed E-state index contributed by atoms with van der Waals surface area (Å²) in [6.45, 7) is 0. The zero-order chi connectivity index (χ0) is 12.3. The maximum atomic E-state index is 2.26. The highest BCUT2D eigenvalue weighted by molar-refractivity contribution is 8.21. The standard InChI is InChI=1S/C14H16NS2/c1-15-9-8-11-6-4-5-7-12(11)13(15)10-14(16-2)17-3/h4-10H,1-3H3/q+1. The van der Waals surface area contributed by atoms with Crippen LogP contribution in [-0.4, -0.2) is 12.5 Å². The molecule has 0 amide bonds. The number of fused-ring (bicyclic) bond motifs is 1. The van der Waals surface area contributed by atoms with Crippen molar-refractivity contribution in [3.05, 3.63) is 46.5 Å². The van der Waals surface area contributed by atoms with Gasteiger partial charge in [0.1, 0.15) is 7.05 Å². The summed E-state index contributed by atoms with van der Waals surface area (Å²) >= 11 is 3.59. The molecular formula is C14H16NS2+. The Balaban J connectivity index is 2.66. The molecule has 0 unspecified atom stereocenters. The third-order valence-electron chi connectivity index (χ3n) is 2.75. The van der Waals surface area contributed by atoms with Gasteiger partial charge in [-0.3, -0.25) is 0 Å². The van der Waals surface area contributed by atoms with Gasteiger partial charge >= 0.3 is 0 Å². The van der Waals surface area contributed by atoms with E-state index in [1.807, 2.05) is 0 Å². The Morgan fingerprint density at radius 2 is 1.82 bits per heavy atom. The van der Waals surface area contributed by atoms with Crippen LogP contribution in [0, 0.1) is 0 Å². The Labute approximate surface area is 111 Å². The van der Waals surface area contributed by atoms with Crippen LogP contribution < -0.4 is 4.57 Å². The first kappa shape index (κ1) is 12.5. The van der Waals surface area contributed by atoms with Gasteiger partial charge in [-0.05, 0) is 24.0 Å². The molecule has 1 aromatic carbocycles. The summed E-state index contributed by atoms with van der Waals surface area (Å²) in [6.07, 6.45) is 8.62. The van der Waals surface area contributed by atoms with Crippen molar-refractivity contribution in [2.45, 2.75) is 0 Å². The fourth-order valence-corrected chi connectivity index (χ4v) is 2.96. The fraction of sp³-hybridized carbons (Fsp3) is 0.214. The maximum absolute atomic E-state index is 2.26. The van der Waals surface area contributed by atoms with Crippen molar-refractivity contribution in [2.75, 3.05) is 12.5 Å². The molecule has 2 aromatic rings. The minimum absolute atomic E-state index is 1.27. The number of pyridine rings is 1. The van der Waals surface area contributed by atoms with Gasteiger partial charge in [-0.15, -0.1) is 23.5 Å². The molecular weight excluding hydrogens is 246 g/mol. The molecule has 0 radical (unpaired) electrons. The van der Waals surface area contributed by atoms with Crippen LogP contribution in [-0.2, 0) is 7.05 Å². The molecule has 3 heteroatoms. The first-order chi connectivity index (χ1) is 8.26. The zero-order valence-electron chi connectivity index (χ0n) is 10.3. The summed E-state index contributed by atoms with van der Waals surface area (Å²) in [4.78, 5) is 0. The van der Waals surface area contributed by atoms with Crippen LogP contribution in [0.15, 0.2) is 40.8 Å². The van der Waals surface area contributed by atoms with Crippen molar-refractivity contribution in [1.29, 1.82) is 0 Å². The Kier molecular flexibility index (Phi) is 4.13. The summed E-state index contributed by atoms with van der Waals surface area (Å²) in [7, 11) is 2.09. The minimum atomic E-state index is 1.27. The number of aryl methyl sites for hydroxylation is 1. The summed E-state index contributed by atoms with van der Waals surface area (Å²) in [5, 5.41) is 2.59. The summed E-state index contributed by atoms with van der Waals surface area (Å²) in [5.41, 5.74) is 1.27. The second kappa shape index (κ2) is 5.61. The molecule has 0 spiro atoms. The number of rotatable bonds is 3. The van der Waals surface area contributed by atoms with Gasteiger partial charge in [0.25, 0.3) is 0 Å². The Morgan fingerprint density at radius 1 is 1.12 bits per heavy atom. The zero-order valence-corrected chi connectivity index (χ0v) is 11.9. The van der Waals surface area contributed by atoms with E-state index in [9.17, 15) is 0 Å². The van der Waals surface area contributed by atoms with E-state index in [2.05, 4.69) is 66.7 Å². The van der Waals surface area contributed by atoms with E-state index in [0.29, 0.717) is 0 Å². The molecule has 0 bridgehead atoms. The van der Waals surface area contributed by atoms with Crippen molar-refractivity contribution < 1.29 is 4.57 Å². The van der Waals surface area contributed by atoms with Crippen LogP contribution in [0.5, 0.6) is 0 Å². The van der Waals surface area contributed by atoms with E-state index >= 15 is 0 Å². The van der Waals surface area contributed by atoms with Gasteiger partial charge in [0.2, 0.25) is 5.69 Å². The molecule has 2 rings (SSSR count). The van der Waals surface area contributed by atoms with E-state index in [-0.39, 0.29) is 0 Å². The Morgan fingerprint density at radius 3 is 2.53 bits per heavy atom. The van der Waals surface area contributed by atoms with Gasteiger partial charge in [-0.1, -0.05) is 18.2 Å². The fourth-order valence-electron chi connectivity index (χ4n) is 1.83. The second-order valence-electron chi connectivity index (χ2n) is 3.77. The Hall–Kier alpha value is -0.930. The molecule has 0 atom stereocenters. The third kappa shape index (κ3) is 2.67. The maximum Gasteiger partial charge on any atom is 0.214 e. The lowest BCUT2D eigenvalue weighted by Gasteiger charge is -2.03. The van der Waals surface area contributed by atoms with Crippen LogP contribution in [0.3, 0.4) is 0 Å². The summed E-state index contributed by atoms with van der Waals surface area (Å²) in [5.74, 6) is 0. The molecule has 0 aliphatic carbocycles. The summed E-state index contributed by atoms with van der Waals surface area (Å²) < 4.78 is 3.51. The van der Waals surface area contributed by atoms with Crippen LogP contribution in [0.4, 0.5) is 0 Å². The molecule has 1 heterocycles. The normalized spacial score (nSPS) is 10.5. The van der Waals surface area contributed by atoms with E-state index < -0.39 is 0 Å². The van der Waals surface area contributed by atoms with Crippen molar-refractivity contribution >= 4 is 40.4 Å². The molecule has 0 N–H and O–H groups in total. The van der Waals surface area contributed by atoms with Gasteiger partial charge in [0.05, 0.1) is 5.39 Å². The van der Waals surface area contributed by atoms with Crippen molar-refractivity contribution in [3.8, 4) is 0 Å². The monoisotopic (exact) mass is 262 g/mol. The van der Waals surface area contributed by atoms with Gasteiger partial charge in [-0.2, -0.15) is 0 Å². The smallest absolute Gasteiger partial charge is 0.201 e. The molecule has 0 aliphatic rings. The topological polar surface area (TPSA) is 3.88 Å². The lowest BCUT2D eigenvalue weighted by Crippen LogP contribution is -2.31. The molecule has 0 fully saturated rings. The van der Waals surface area contributed by atoms with E-state index in [0.717, 1.165) is 0 Å². The summed E-state index contributed by atoms with van der Waals surface area (Å²) in [6, 6.07) is 10.7. The average Bonchev–Trinajstić information content (AvgIpc) is 2.38. The van der Waals surface area contributed by atoms with E-state index in [1.54, 1.807) is 23.5 Å². The minimum Gasteiger partial charge on any atom is -0.201 e. The highest BCUT2D eigenvalue weighted by atomic mass is 32.2. The van der Waals surface area contributed by atoms with Gasteiger partial charge in [-0.25, -0.2) is 4.57 Å². The first-order valence-electron chi connectivity index (χ1n) is 5.43. The number of hydrogen-bond donors (Lipinski definition) is 0. The van der Waals surface area contributed by atoms with Crippen molar-refractivity contribution in [1.82, 2.24) is 0 Å². The average molecular weight is 262 g/mol. The molecule has 0 aliphatic heterocycles.